The topological polar surface area (TPSA) is 47.7 Å². The summed E-state index contributed by atoms with van der Waals surface area (Å²) in [6.07, 6.45) is 1.10. The van der Waals surface area contributed by atoms with E-state index in [9.17, 15) is 4.39 Å². The van der Waals surface area contributed by atoms with Crippen LogP contribution in [0.1, 0.15) is 27.2 Å². The normalized spacial score (nSPS) is 18.0. The molecule has 0 bridgehead atoms. The van der Waals surface area contributed by atoms with Gasteiger partial charge in [-0.05, 0) is 51.5 Å². The molecule has 1 saturated heterocycles. The fourth-order valence-electron chi connectivity index (χ4n) is 2.27. The summed E-state index contributed by atoms with van der Waals surface area (Å²) in [6, 6.07) is 6.23. The summed E-state index contributed by atoms with van der Waals surface area (Å²) < 4.78 is 24.3. The average Bonchev–Trinajstić information content (AvgIpc) is 2.40. The largest absolute Gasteiger partial charge is 0.488 e. The first-order valence-electron chi connectivity index (χ1n) is 7.86. The van der Waals surface area contributed by atoms with E-state index in [4.69, 9.17) is 15.2 Å². The predicted molar refractivity (Wildman–Crippen MR) is 85.6 cm³/mol. The molecule has 2 rings (SSSR count). The summed E-state index contributed by atoms with van der Waals surface area (Å²) in [5.41, 5.74) is 5.93. The molecular formula is C17H27FN2O2. The van der Waals surface area contributed by atoms with Gasteiger partial charge in [0, 0.05) is 25.7 Å². The molecule has 0 aromatic heterocycles. The Morgan fingerprint density at radius 2 is 1.91 bits per heavy atom. The number of nitrogens with two attached hydrogens (primary N) is 1. The number of ether oxygens (including phenoxy) is 2. The summed E-state index contributed by atoms with van der Waals surface area (Å²) in [5, 5.41) is 0. The summed E-state index contributed by atoms with van der Waals surface area (Å²) >= 11 is 0. The van der Waals surface area contributed by atoms with Crippen molar-refractivity contribution in [1.29, 1.82) is 0 Å². The summed E-state index contributed by atoms with van der Waals surface area (Å²) in [6.45, 7) is 9.44. The third-order valence-electron chi connectivity index (χ3n) is 3.59. The Labute approximate surface area is 132 Å². The molecule has 2 N–H and O–H groups in total. The van der Waals surface area contributed by atoms with Gasteiger partial charge < -0.3 is 15.2 Å². The highest BCUT2D eigenvalue weighted by atomic mass is 19.1. The zero-order valence-electron chi connectivity index (χ0n) is 13.7. The molecule has 1 atom stereocenters. The molecule has 0 unspecified atom stereocenters. The second kappa shape index (κ2) is 7.40. The van der Waals surface area contributed by atoms with Crippen molar-refractivity contribution in [3.63, 3.8) is 0 Å². The van der Waals surface area contributed by atoms with Crippen LogP contribution in [-0.2, 0) is 4.74 Å². The van der Waals surface area contributed by atoms with E-state index in [1.54, 1.807) is 12.1 Å². The maximum absolute atomic E-state index is 12.8. The minimum absolute atomic E-state index is 0.0660. The fraction of sp³-hybridized carbons (Fsp3) is 0.647. The van der Waals surface area contributed by atoms with Gasteiger partial charge in [0.2, 0.25) is 0 Å². The third kappa shape index (κ3) is 5.91. The molecule has 0 radical (unpaired) electrons. The van der Waals surface area contributed by atoms with Gasteiger partial charge in [-0.25, -0.2) is 4.39 Å². The average molecular weight is 310 g/mol. The van der Waals surface area contributed by atoms with E-state index in [1.165, 1.54) is 12.1 Å². The van der Waals surface area contributed by atoms with Crippen LogP contribution in [0, 0.1) is 5.82 Å². The molecule has 0 spiro atoms. The van der Waals surface area contributed by atoms with E-state index in [2.05, 4.69) is 4.90 Å². The number of hydrogen-bond acceptors (Lipinski definition) is 4. The molecule has 1 aromatic rings. The van der Waals surface area contributed by atoms with Gasteiger partial charge in [0.25, 0.3) is 0 Å². The first-order valence-corrected chi connectivity index (χ1v) is 7.86. The minimum atomic E-state index is -0.242. The Morgan fingerprint density at radius 3 is 2.50 bits per heavy atom. The van der Waals surface area contributed by atoms with Crippen LogP contribution in [0.5, 0.6) is 5.75 Å². The molecule has 22 heavy (non-hydrogen) atoms. The smallest absolute Gasteiger partial charge is 0.124 e. The van der Waals surface area contributed by atoms with Gasteiger partial charge in [-0.3, -0.25) is 4.90 Å². The molecule has 1 fully saturated rings. The van der Waals surface area contributed by atoms with E-state index in [1.807, 2.05) is 20.8 Å². The van der Waals surface area contributed by atoms with Crippen molar-refractivity contribution >= 4 is 0 Å². The lowest BCUT2D eigenvalue weighted by atomic mass is 10.1. The van der Waals surface area contributed by atoms with E-state index in [-0.39, 0.29) is 23.6 Å². The molecule has 124 valence electrons. The number of nitrogens with zero attached hydrogens (tertiary/aromatic N) is 1. The highest BCUT2D eigenvalue weighted by Gasteiger charge is 2.28. The van der Waals surface area contributed by atoms with Crippen LogP contribution in [0.25, 0.3) is 0 Å². The van der Waals surface area contributed by atoms with Crippen LogP contribution in [0.15, 0.2) is 24.3 Å². The Morgan fingerprint density at radius 1 is 1.27 bits per heavy atom. The molecule has 1 aliphatic heterocycles. The molecule has 5 heteroatoms. The molecule has 0 amide bonds. The summed E-state index contributed by atoms with van der Waals surface area (Å²) in [4.78, 5) is 2.31. The summed E-state index contributed by atoms with van der Waals surface area (Å²) in [7, 11) is 0. The molecule has 0 saturated carbocycles. The van der Waals surface area contributed by atoms with Crippen LogP contribution in [0.4, 0.5) is 4.39 Å². The zero-order chi connectivity index (χ0) is 16.2. The Bertz CT molecular complexity index is 453. The van der Waals surface area contributed by atoms with Crippen molar-refractivity contribution in [2.75, 3.05) is 26.2 Å². The maximum Gasteiger partial charge on any atom is 0.124 e. The first kappa shape index (κ1) is 17.2. The van der Waals surface area contributed by atoms with Gasteiger partial charge in [-0.15, -0.1) is 0 Å². The fourth-order valence-corrected chi connectivity index (χ4v) is 2.27. The van der Waals surface area contributed by atoms with Crippen molar-refractivity contribution in [2.24, 2.45) is 5.73 Å². The Hall–Kier alpha value is -1.17. The second-order valence-electron chi connectivity index (χ2n) is 6.93. The van der Waals surface area contributed by atoms with Gasteiger partial charge >= 0.3 is 0 Å². The number of benzene rings is 1. The van der Waals surface area contributed by atoms with E-state index >= 15 is 0 Å². The SMILES string of the molecule is CC(C)(C)OC[C@@H](N)CCN1CC(Oc2ccc(F)cc2)C1. The van der Waals surface area contributed by atoms with Crippen molar-refractivity contribution < 1.29 is 13.9 Å². The minimum Gasteiger partial charge on any atom is -0.488 e. The molecular weight excluding hydrogens is 283 g/mol. The third-order valence-corrected chi connectivity index (χ3v) is 3.59. The summed E-state index contributed by atoms with van der Waals surface area (Å²) in [5.74, 6) is 0.482. The van der Waals surface area contributed by atoms with Gasteiger partial charge in [0.15, 0.2) is 0 Å². The van der Waals surface area contributed by atoms with Crippen molar-refractivity contribution in [1.82, 2.24) is 4.90 Å². The quantitative estimate of drug-likeness (QED) is 0.840. The number of likely N-dealkylation sites (tertiary alicyclic amines) is 1. The molecule has 0 aliphatic carbocycles. The van der Waals surface area contributed by atoms with Crippen LogP contribution in [-0.4, -0.2) is 48.9 Å². The number of halogens is 1. The van der Waals surface area contributed by atoms with Crippen LogP contribution < -0.4 is 10.5 Å². The lowest BCUT2D eigenvalue weighted by Crippen LogP contribution is -2.54. The van der Waals surface area contributed by atoms with Crippen molar-refractivity contribution in [3.05, 3.63) is 30.1 Å². The van der Waals surface area contributed by atoms with Gasteiger partial charge in [0.1, 0.15) is 17.7 Å². The standard InChI is InChI=1S/C17H27FN2O2/c1-17(2,3)21-12-14(19)8-9-20-10-16(11-20)22-15-6-4-13(18)5-7-15/h4-7,14,16H,8-12,19H2,1-3H3/t14-/m0/s1. The first-order chi connectivity index (χ1) is 10.3. The number of rotatable bonds is 7. The lowest BCUT2D eigenvalue weighted by Gasteiger charge is -2.39. The van der Waals surface area contributed by atoms with Crippen LogP contribution >= 0.6 is 0 Å². The lowest BCUT2D eigenvalue weighted by molar-refractivity contribution is -0.0164. The van der Waals surface area contributed by atoms with Crippen molar-refractivity contribution in [2.45, 2.75) is 44.9 Å². The van der Waals surface area contributed by atoms with Crippen LogP contribution in [0.2, 0.25) is 0 Å². The highest BCUT2D eigenvalue weighted by molar-refractivity contribution is 5.22. The van der Waals surface area contributed by atoms with Crippen LogP contribution in [0.3, 0.4) is 0 Å². The Balaban J connectivity index is 1.58. The predicted octanol–water partition coefficient (Wildman–Crippen LogP) is 2.42. The van der Waals surface area contributed by atoms with E-state index in [0.29, 0.717) is 6.61 Å². The van der Waals surface area contributed by atoms with Gasteiger partial charge in [-0.2, -0.15) is 0 Å². The van der Waals surface area contributed by atoms with Gasteiger partial charge in [0.05, 0.1) is 12.2 Å². The van der Waals surface area contributed by atoms with E-state index in [0.717, 1.165) is 31.8 Å². The monoisotopic (exact) mass is 310 g/mol. The number of hydrogen-bond donors (Lipinski definition) is 1. The Kier molecular flexibility index (Phi) is 5.78. The second-order valence-corrected chi connectivity index (χ2v) is 6.93. The molecule has 1 aliphatic rings. The van der Waals surface area contributed by atoms with Gasteiger partial charge in [-0.1, -0.05) is 0 Å². The van der Waals surface area contributed by atoms with Crippen molar-refractivity contribution in [3.8, 4) is 5.75 Å². The molecule has 1 aromatic carbocycles. The highest BCUT2D eigenvalue weighted by Crippen LogP contribution is 2.18. The maximum atomic E-state index is 12.8. The molecule has 1 heterocycles. The zero-order valence-corrected chi connectivity index (χ0v) is 13.7. The van der Waals surface area contributed by atoms with E-state index < -0.39 is 0 Å². The molecule has 4 nitrogen and oxygen atoms in total.